The second-order valence-electron chi connectivity index (χ2n) is 9.91. The summed E-state index contributed by atoms with van der Waals surface area (Å²) in [5, 5.41) is 19.3. The fourth-order valence-electron chi connectivity index (χ4n) is 5.41. The molecule has 4 atom stereocenters. The van der Waals surface area contributed by atoms with E-state index in [1.54, 1.807) is 22.6 Å². The summed E-state index contributed by atoms with van der Waals surface area (Å²) in [6.45, 7) is 0.471. The smallest absolute Gasteiger partial charge is 0.408 e. The van der Waals surface area contributed by atoms with Crippen LogP contribution in [0.1, 0.15) is 37.3 Å². The van der Waals surface area contributed by atoms with Gasteiger partial charge in [0.25, 0.3) is 0 Å². The first-order valence-electron chi connectivity index (χ1n) is 12.4. The van der Waals surface area contributed by atoms with Gasteiger partial charge in [-0.15, -0.1) is 35.0 Å². The zero-order chi connectivity index (χ0) is 25.7. The zero-order valence-electron chi connectivity index (χ0n) is 20.8. The highest BCUT2D eigenvalue weighted by atomic mass is 35.5. The van der Waals surface area contributed by atoms with Crippen molar-refractivity contribution in [1.82, 2.24) is 24.5 Å². The van der Waals surface area contributed by atoms with Crippen LogP contribution in [-0.2, 0) is 0 Å². The number of hydrogen-bond donors (Lipinski definition) is 2. The number of likely N-dealkylation sites (tertiary alicyclic amines) is 1. The Bertz CT molecular complexity index is 1450. The summed E-state index contributed by atoms with van der Waals surface area (Å²) < 4.78 is 50.0. The first kappa shape index (κ1) is 29.3. The summed E-state index contributed by atoms with van der Waals surface area (Å²) in [7, 11) is 0. The molecule has 210 valence electrons. The standard InChI is InChI=1S/C26H27F3N6O2.2ClH/c27-26(28,29)24(34-11-10-17(30)14-34)16-6-9-23-32-33-25(35(23)13-16)19-8-5-15-4-7-18(12-20(15)31-19)37-22-3-1-2-21(22)36;;/h4-9,12-13,17,21-22,24,36H,1-3,10-11,14,30H2;2*1H/t17?,21?,22?,24-;;/m1../s1. The molecule has 4 heterocycles. The van der Waals surface area contributed by atoms with Crippen LogP contribution in [0.2, 0.25) is 0 Å². The molecule has 1 saturated carbocycles. The van der Waals surface area contributed by atoms with Gasteiger partial charge in [0.15, 0.2) is 11.5 Å². The Morgan fingerprint density at radius 2 is 1.82 bits per heavy atom. The molecular formula is C26H29Cl2F3N6O2. The zero-order valence-corrected chi connectivity index (χ0v) is 22.4. The maximum atomic E-state index is 14.2. The first-order chi connectivity index (χ1) is 17.8. The lowest BCUT2D eigenvalue weighted by atomic mass is 10.1. The van der Waals surface area contributed by atoms with Crippen LogP contribution in [0.4, 0.5) is 13.2 Å². The van der Waals surface area contributed by atoms with Crippen molar-refractivity contribution < 1.29 is 23.0 Å². The minimum absolute atomic E-state index is 0. The summed E-state index contributed by atoms with van der Waals surface area (Å²) in [5.74, 6) is 0.948. The van der Waals surface area contributed by atoms with Crippen molar-refractivity contribution in [1.29, 1.82) is 0 Å². The second-order valence-corrected chi connectivity index (χ2v) is 9.91. The molecule has 3 aromatic heterocycles. The van der Waals surface area contributed by atoms with Crippen molar-refractivity contribution in [3.05, 3.63) is 54.2 Å². The van der Waals surface area contributed by atoms with Gasteiger partial charge in [0.1, 0.15) is 23.6 Å². The molecule has 1 aliphatic heterocycles. The van der Waals surface area contributed by atoms with E-state index in [-0.39, 0.29) is 55.6 Å². The number of ether oxygens (including phenoxy) is 1. The summed E-state index contributed by atoms with van der Waals surface area (Å²) in [5.41, 5.74) is 7.55. The third-order valence-corrected chi connectivity index (χ3v) is 7.27. The molecule has 1 saturated heterocycles. The number of alkyl halides is 3. The number of halogens is 5. The van der Waals surface area contributed by atoms with Gasteiger partial charge in [0, 0.05) is 36.8 Å². The van der Waals surface area contributed by atoms with E-state index in [2.05, 4.69) is 10.2 Å². The van der Waals surface area contributed by atoms with E-state index in [1.807, 2.05) is 18.2 Å². The van der Waals surface area contributed by atoms with Crippen LogP contribution in [0, 0.1) is 0 Å². The molecule has 6 rings (SSSR count). The third-order valence-electron chi connectivity index (χ3n) is 7.27. The van der Waals surface area contributed by atoms with E-state index in [0.717, 1.165) is 24.6 Å². The van der Waals surface area contributed by atoms with Gasteiger partial charge in [0.2, 0.25) is 0 Å². The predicted molar refractivity (Wildman–Crippen MR) is 145 cm³/mol. The Balaban J connectivity index is 0.00000176. The van der Waals surface area contributed by atoms with E-state index in [9.17, 15) is 18.3 Å². The van der Waals surface area contributed by atoms with Crippen molar-refractivity contribution in [2.45, 2.75) is 56.2 Å². The van der Waals surface area contributed by atoms with Crippen molar-refractivity contribution >= 4 is 41.4 Å². The van der Waals surface area contributed by atoms with Crippen molar-refractivity contribution in [3.63, 3.8) is 0 Å². The van der Waals surface area contributed by atoms with Crippen LogP contribution in [0.15, 0.2) is 48.7 Å². The fourth-order valence-corrected chi connectivity index (χ4v) is 5.41. The van der Waals surface area contributed by atoms with Crippen molar-refractivity contribution in [2.75, 3.05) is 13.1 Å². The van der Waals surface area contributed by atoms with E-state index in [4.69, 9.17) is 15.5 Å². The van der Waals surface area contributed by atoms with Gasteiger partial charge < -0.3 is 15.6 Å². The van der Waals surface area contributed by atoms with E-state index in [0.29, 0.717) is 34.9 Å². The molecule has 8 nitrogen and oxygen atoms in total. The van der Waals surface area contributed by atoms with Crippen LogP contribution in [0.5, 0.6) is 5.75 Å². The molecule has 0 radical (unpaired) electrons. The van der Waals surface area contributed by atoms with Crippen LogP contribution in [-0.4, -0.2) is 67.1 Å². The minimum atomic E-state index is -4.46. The number of rotatable bonds is 5. The number of nitrogens with zero attached hydrogens (tertiary/aromatic N) is 5. The lowest BCUT2D eigenvalue weighted by Gasteiger charge is -2.30. The van der Waals surface area contributed by atoms with Gasteiger partial charge >= 0.3 is 6.18 Å². The summed E-state index contributed by atoms with van der Waals surface area (Å²) in [6.07, 6.45) is -0.779. The predicted octanol–water partition coefficient (Wildman–Crippen LogP) is 4.72. The maximum absolute atomic E-state index is 14.2. The number of fused-ring (bicyclic) bond motifs is 2. The highest BCUT2D eigenvalue weighted by Gasteiger charge is 2.46. The Kier molecular flexibility index (Phi) is 8.58. The SMILES string of the molecule is Cl.Cl.NC1CCN([C@H](c2ccc3nnc(-c4ccc5ccc(OC6CCCC6O)cc5n4)n3c2)C(F)(F)F)C1. The third kappa shape index (κ3) is 5.78. The minimum Gasteiger partial charge on any atom is -0.488 e. The van der Waals surface area contributed by atoms with Crippen LogP contribution in [0.3, 0.4) is 0 Å². The number of pyridine rings is 2. The normalized spacial score (nSPS) is 22.5. The molecule has 39 heavy (non-hydrogen) atoms. The first-order valence-corrected chi connectivity index (χ1v) is 12.4. The van der Waals surface area contributed by atoms with Gasteiger partial charge in [-0.05, 0) is 55.5 Å². The van der Waals surface area contributed by atoms with E-state index >= 15 is 0 Å². The quantitative estimate of drug-likeness (QED) is 0.350. The van der Waals surface area contributed by atoms with E-state index in [1.165, 1.54) is 17.2 Å². The second kappa shape index (κ2) is 11.4. The number of nitrogens with two attached hydrogens (primary N) is 1. The van der Waals surface area contributed by atoms with Crippen molar-refractivity contribution in [3.8, 4) is 17.3 Å². The van der Waals surface area contributed by atoms with E-state index < -0.39 is 18.3 Å². The highest BCUT2D eigenvalue weighted by molar-refractivity contribution is 5.85. The molecule has 1 aromatic carbocycles. The highest BCUT2D eigenvalue weighted by Crippen LogP contribution is 2.39. The summed E-state index contributed by atoms with van der Waals surface area (Å²) >= 11 is 0. The topological polar surface area (TPSA) is 102 Å². The number of benzene rings is 1. The van der Waals surface area contributed by atoms with Gasteiger partial charge in [-0.3, -0.25) is 9.30 Å². The molecule has 3 N–H and O–H groups in total. The average Bonchev–Trinajstić information content (AvgIpc) is 3.58. The van der Waals surface area contributed by atoms with Crippen LogP contribution >= 0.6 is 24.8 Å². The Morgan fingerprint density at radius 3 is 2.51 bits per heavy atom. The molecule has 0 amide bonds. The lowest BCUT2D eigenvalue weighted by molar-refractivity contribution is -0.183. The van der Waals surface area contributed by atoms with Gasteiger partial charge in [-0.25, -0.2) is 4.98 Å². The molecule has 4 aromatic rings. The molecule has 0 spiro atoms. The average molecular weight is 585 g/mol. The van der Waals surface area contributed by atoms with Crippen LogP contribution in [0.25, 0.3) is 28.1 Å². The monoisotopic (exact) mass is 584 g/mol. The Hall–Kier alpha value is -2.70. The molecule has 13 heteroatoms. The molecule has 1 aliphatic carbocycles. The Labute approximate surface area is 235 Å². The van der Waals surface area contributed by atoms with Gasteiger partial charge in [-0.2, -0.15) is 13.2 Å². The van der Waals surface area contributed by atoms with Gasteiger partial charge in [0.05, 0.1) is 11.6 Å². The number of aromatic nitrogens is 4. The number of hydrogen-bond acceptors (Lipinski definition) is 7. The number of aliphatic hydroxyl groups is 1. The number of aliphatic hydroxyl groups excluding tert-OH is 1. The molecule has 2 aliphatic rings. The summed E-state index contributed by atoms with van der Waals surface area (Å²) in [4.78, 5) is 6.10. The molecule has 0 bridgehead atoms. The summed E-state index contributed by atoms with van der Waals surface area (Å²) in [6, 6.07) is 10.1. The molecular weight excluding hydrogens is 556 g/mol. The Morgan fingerprint density at radius 1 is 1.03 bits per heavy atom. The van der Waals surface area contributed by atoms with Crippen LogP contribution < -0.4 is 10.5 Å². The fraction of sp³-hybridized carbons (Fsp3) is 0.423. The van der Waals surface area contributed by atoms with Crippen molar-refractivity contribution in [2.24, 2.45) is 5.73 Å². The molecule has 2 fully saturated rings. The molecule has 3 unspecified atom stereocenters. The maximum Gasteiger partial charge on any atom is 0.408 e. The largest absolute Gasteiger partial charge is 0.488 e. The lowest BCUT2D eigenvalue weighted by Crippen LogP contribution is -2.38. The van der Waals surface area contributed by atoms with Gasteiger partial charge in [-0.1, -0.05) is 12.1 Å².